The SMILES string of the molecule is CC/C=C\C/C=C\C/C=C\C/C=C\C/C=C\C/C=C\C/C=C\CCCC(=O)OC(COC(=O)CCCCCCCCCCC)COC(=O)CCCCCCCCCCCCCCCCCCCCCCCCCCCCCCC. The van der Waals surface area contributed by atoms with Crippen molar-refractivity contribution in [1.82, 2.24) is 0 Å². The third-order valence-corrected chi connectivity index (χ3v) is 14.9. The molecule has 6 nitrogen and oxygen atoms in total. The Labute approximate surface area is 490 Å². The summed E-state index contributed by atoms with van der Waals surface area (Å²) in [5, 5.41) is 0. The number of unbranched alkanes of at least 4 members (excludes halogenated alkanes) is 37. The normalized spacial score (nSPS) is 12.6. The first-order valence-corrected chi connectivity index (χ1v) is 34.1. The zero-order chi connectivity index (χ0) is 57.1. The van der Waals surface area contributed by atoms with Gasteiger partial charge in [-0.1, -0.05) is 337 Å². The molecule has 0 saturated heterocycles. The molecule has 1 unspecified atom stereocenters. The van der Waals surface area contributed by atoms with Gasteiger partial charge in [-0.15, -0.1) is 0 Å². The number of esters is 3. The molecule has 0 aliphatic rings. The van der Waals surface area contributed by atoms with Crippen LogP contribution in [0.5, 0.6) is 0 Å². The Morgan fingerprint density at radius 1 is 0.266 bits per heavy atom. The number of hydrogen-bond donors (Lipinski definition) is 0. The number of rotatable bonds is 62. The zero-order valence-corrected chi connectivity index (χ0v) is 52.4. The Hall–Kier alpha value is -3.41. The first-order chi connectivity index (χ1) is 39.0. The van der Waals surface area contributed by atoms with Crippen LogP contribution in [-0.4, -0.2) is 37.2 Å². The first kappa shape index (κ1) is 75.6. The molecule has 0 aromatic rings. The highest BCUT2D eigenvalue weighted by atomic mass is 16.6. The molecular weight excluding hydrogens is 973 g/mol. The fourth-order valence-electron chi connectivity index (χ4n) is 9.85. The maximum atomic E-state index is 12.9. The zero-order valence-electron chi connectivity index (χ0n) is 52.4. The van der Waals surface area contributed by atoms with Gasteiger partial charge in [0.2, 0.25) is 0 Å². The molecule has 0 heterocycles. The summed E-state index contributed by atoms with van der Waals surface area (Å²) in [4.78, 5) is 38.2. The Bertz CT molecular complexity index is 1500. The maximum absolute atomic E-state index is 12.9. The minimum atomic E-state index is -0.805. The van der Waals surface area contributed by atoms with E-state index >= 15 is 0 Å². The van der Waals surface area contributed by atoms with Gasteiger partial charge in [0.05, 0.1) is 0 Å². The molecule has 0 bridgehead atoms. The van der Waals surface area contributed by atoms with E-state index in [-0.39, 0.29) is 37.5 Å². The number of ether oxygens (including phenoxy) is 3. The number of allylic oxidation sites excluding steroid dienone is 14. The summed E-state index contributed by atoms with van der Waals surface area (Å²) in [5.41, 5.74) is 0. The minimum Gasteiger partial charge on any atom is -0.462 e. The molecule has 1 atom stereocenters. The highest BCUT2D eigenvalue weighted by Crippen LogP contribution is 2.18. The summed E-state index contributed by atoms with van der Waals surface area (Å²) < 4.78 is 16.8. The summed E-state index contributed by atoms with van der Waals surface area (Å²) in [6.45, 7) is 6.50. The van der Waals surface area contributed by atoms with Crippen molar-refractivity contribution < 1.29 is 28.6 Å². The molecule has 0 aromatic heterocycles. The molecule has 456 valence electrons. The Balaban J connectivity index is 4.21. The van der Waals surface area contributed by atoms with Crippen molar-refractivity contribution in [1.29, 1.82) is 0 Å². The second-order valence-electron chi connectivity index (χ2n) is 22.7. The van der Waals surface area contributed by atoms with Crippen LogP contribution in [0.2, 0.25) is 0 Å². The average Bonchev–Trinajstić information content (AvgIpc) is 3.45. The molecular formula is C73H128O6. The number of hydrogen-bond acceptors (Lipinski definition) is 6. The summed E-state index contributed by atoms with van der Waals surface area (Å²) in [6.07, 6.45) is 89.2. The molecule has 0 saturated carbocycles. The lowest BCUT2D eigenvalue weighted by molar-refractivity contribution is -0.167. The van der Waals surface area contributed by atoms with E-state index in [0.717, 1.165) is 89.9 Å². The monoisotopic (exact) mass is 1100 g/mol. The van der Waals surface area contributed by atoms with Gasteiger partial charge in [-0.25, -0.2) is 0 Å². The largest absolute Gasteiger partial charge is 0.462 e. The van der Waals surface area contributed by atoms with Crippen molar-refractivity contribution >= 4 is 17.9 Å². The van der Waals surface area contributed by atoms with Gasteiger partial charge in [0.25, 0.3) is 0 Å². The van der Waals surface area contributed by atoms with Crippen molar-refractivity contribution in [3.05, 3.63) is 85.1 Å². The summed E-state index contributed by atoms with van der Waals surface area (Å²) >= 11 is 0. The Kier molecular flexibility index (Phi) is 64.2. The second-order valence-corrected chi connectivity index (χ2v) is 22.7. The van der Waals surface area contributed by atoms with Gasteiger partial charge in [-0.05, 0) is 70.6 Å². The van der Waals surface area contributed by atoms with Gasteiger partial charge in [-0.2, -0.15) is 0 Å². The fraction of sp³-hybridized carbons (Fsp3) is 0.767. The van der Waals surface area contributed by atoms with Crippen LogP contribution >= 0.6 is 0 Å². The third-order valence-electron chi connectivity index (χ3n) is 14.9. The summed E-state index contributed by atoms with van der Waals surface area (Å²) in [5.74, 6) is -0.945. The van der Waals surface area contributed by atoms with Crippen molar-refractivity contribution in [2.75, 3.05) is 13.2 Å². The van der Waals surface area contributed by atoms with Crippen molar-refractivity contribution in [2.24, 2.45) is 0 Å². The lowest BCUT2D eigenvalue weighted by Gasteiger charge is -2.18. The van der Waals surface area contributed by atoms with Gasteiger partial charge < -0.3 is 14.2 Å². The molecule has 0 fully saturated rings. The first-order valence-electron chi connectivity index (χ1n) is 34.1. The van der Waals surface area contributed by atoms with E-state index in [2.05, 4.69) is 106 Å². The van der Waals surface area contributed by atoms with E-state index < -0.39 is 6.10 Å². The van der Waals surface area contributed by atoms with Gasteiger partial charge in [0, 0.05) is 19.3 Å². The Morgan fingerprint density at radius 2 is 0.494 bits per heavy atom. The molecule has 0 aromatic carbocycles. The summed E-state index contributed by atoms with van der Waals surface area (Å²) in [6, 6.07) is 0. The molecule has 0 radical (unpaired) electrons. The van der Waals surface area contributed by atoms with Crippen molar-refractivity contribution in [2.45, 2.75) is 348 Å². The highest BCUT2D eigenvalue weighted by molar-refractivity contribution is 5.71. The van der Waals surface area contributed by atoms with Crippen LogP contribution in [0, 0.1) is 0 Å². The number of carbonyl (C=O) groups is 3. The lowest BCUT2D eigenvalue weighted by atomic mass is 10.0. The molecule has 0 rings (SSSR count). The lowest BCUT2D eigenvalue weighted by Crippen LogP contribution is -2.30. The maximum Gasteiger partial charge on any atom is 0.306 e. The van der Waals surface area contributed by atoms with Crippen LogP contribution in [-0.2, 0) is 28.6 Å². The number of carbonyl (C=O) groups excluding carboxylic acids is 3. The molecule has 0 spiro atoms. The average molecular weight is 1100 g/mol. The Morgan fingerprint density at radius 3 is 0.759 bits per heavy atom. The topological polar surface area (TPSA) is 78.9 Å². The van der Waals surface area contributed by atoms with E-state index in [1.807, 2.05) is 0 Å². The van der Waals surface area contributed by atoms with Crippen LogP contribution in [0.25, 0.3) is 0 Å². The molecule has 0 amide bonds. The smallest absolute Gasteiger partial charge is 0.306 e. The second kappa shape index (κ2) is 67.1. The van der Waals surface area contributed by atoms with Crippen LogP contribution in [0.15, 0.2) is 85.1 Å². The fourth-order valence-corrected chi connectivity index (χ4v) is 9.85. The van der Waals surface area contributed by atoms with Crippen molar-refractivity contribution in [3.63, 3.8) is 0 Å². The highest BCUT2D eigenvalue weighted by Gasteiger charge is 2.19. The third kappa shape index (κ3) is 65.3. The van der Waals surface area contributed by atoms with Crippen molar-refractivity contribution in [3.8, 4) is 0 Å². The minimum absolute atomic E-state index is 0.0959. The van der Waals surface area contributed by atoms with E-state index in [9.17, 15) is 14.4 Å². The molecule has 0 N–H and O–H groups in total. The van der Waals surface area contributed by atoms with Gasteiger partial charge in [-0.3, -0.25) is 14.4 Å². The van der Waals surface area contributed by atoms with E-state index in [1.165, 1.54) is 205 Å². The van der Waals surface area contributed by atoms with E-state index in [0.29, 0.717) is 19.3 Å². The van der Waals surface area contributed by atoms with Gasteiger partial charge in [0.15, 0.2) is 6.10 Å². The quantitative estimate of drug-likeness (QED) is 0.0261. The van der Waals surface area contributed by atoms with E-state index in [4.69, 9.17) is 14.2 Å². The van der Waals surface area contributed by atoms with Crippen LogP contribution < -0.4 is 0 Å². The predicted molar refractivity (Wildman–Crippen MR) is 344 cm³/mol. The predicted octanol–water partition coefficient (Wildman–Crippen LogP) is 23.4. The molecule has 0 aliphatic carbocycles. The van der Waals surface area contributed by atoms with E-state index in [1.54, 1.807) is 0 Å². The van der Waals surface area contributed by atoms with Gasteiger partial charge >= 0.3 is 17.9 Å². The standard InChI is InChI=1S/C73H128O6/c1-4-7-10-13-16-19-21-23-25-27-29-31-33-34-35-36-37-38-40-41-43-45-47-49-51-54-57-60-63-66-72(75)78-69-70(68-77-71(74)65-62-59-56-53-18-15-12-9-6-3)79-73(76)67-64-61-58-55-52-50-48-46-44-42-39-32-30-28-26-24-22-20-17-14-11-8-5-2/h8,11,17,20,24,26,30,32,42,44,48,50,55,58,70H,4-7,9-10,12-16,18-19,21-23,25,27-29,31,33-41,43,45-47,49,51-54,56-57,59-69H2,1-3H3/b11-8-,20-17-,26-24-,32-30-,44-42-,50-48-,58-55-. The van der Waals surface area contributed by atoms with Crippen LogP contribution in [0.1, 0.15) is 342 Å². The van der Waals surface area contributed by atoms with Crippen LogP contribution in [0.3, 0.4) is 0 Å². The van der Waals surface area contributed by atoms with Crippen LogP contribution in [0.4, 0.5) is 0 Å². The molecule has 6 heteroatoms. The van der Waals surface area contributed by atoms with Gasteiger partial charge in [0.1, 0.15) is 13.2 Å². The summed E-state index contributed by atoms with van der Waals surface area (Å²) in [7, 11) is 0. The molecule has 79 heavy (non-hydrogen) atoms. The molecule has 0 aliphatic heterocycles.